The Kier molecular flexibility index (Phi) is 8.57. The summed E-state index contributed by atoms with van der Waals surface area (Å²) in [5.41, 5.74) is 2.17. The second-order valence-electron chi connectivity index (χ2n) is 8.44. The zero-order valence-corrected chi connectivity index (χ0v) is 21.1. The molecule has 2 amide bonds. The zero-order valence-electron chi connectivity index (χ0n) is 19.5. The van der Waals surface area contributed by atoms with Gasteiger partial charge >= 0.3 is 0 Å². The van der Waals surface area contributed by atoms with Crippen LogP contribution in [0.2, 0.25) is 0 Å². The molecule has 0 unspecified atom stereocenters. The molecule has 0 spiro atoms. The maximum Gasteiger partial charge on any atom is 0.253 e. The van der Waals surface area contributed by atoms with Gasteiger partial charge in [-0.25, -0.2) is 4.98 Å². The van der Waals surface area contributed by atoms with Crippen LogP contribution >= 0.6 is 15.9 Å². The van der Waals surface area contributed by atoms with Crippen molar-refractivity contribution in [1.29, 1.82) is 0 Å². The Hall–Kier alpha value is -2.78. The SMILES string of the molecule is COc1nc(C[C@@H]2CCN(C(=O)c3ccc(NC(=O)/C=C/CN(C)C)c(C)c3)C2)ncc1Br. The summed E-state index contributed by atoms with van der Waals surface area (Å²) in [7, 11) is 5.46. The number of amides is 2. The molecule has 2 heterocycles. The Morgan fingerprint density at radius 1 is 1.36 bits per heavy atom. The van der Waals surface area contributed by atoms with Crippen LogP contribution in [0.25, 0.3) is 0 Å². The first-order valence-corrected chi connectivity index (χ1v) is 11.6. The fourth-order valence-corrected chi connectivity index (χ4v) is 4.09. The van der Waals surface area contributed by atoms with Crippen LogP contribution in [0.4, 0.5) is 5.69 Å². The number of anilines is 1. The highest BCUT2D eigenvalue weighted by molar-refractivity contribution is 9.10. The fraction of sp³-hybridized carbons (Fsp3) is 0.417. The average Bonchev–Trinajstić information content (AvgIpc) is 3.24. The van der Waals surface area contributed by atoms with E-state index in [-0.39, 0.29) is 11.8 Å². The van der Waals surface area contributed by atoms with Crippen LogP contribution in [0.3, 0.4) is 0 Å². The molecule has 3 rings (SSSR count). The first-order valence-electron chi connectivity index (χ1n) is 10.8. The van der Waals surface area contributed by atoms with Crippen molar-refractivity contribution in [2.24, 2.45) is 5.92 Å². The quantitative estimate of drug-likeness (QED) is 0.542. The Balaban J connectivity index is 1.58. The largest absolute Gasteiger partial charge is 0.480 e. The molecule has 1 saturated heterocycles. The summed E-state index contributed by atoms with van der Waals surface area (Å²) in [4.78, 5) is 37.8. The summed E-state index contributed by atoms with van der Waals surface area (Å²) in [6.07, 6.45) is 6.62. The summed E-state index contributed by atoms with van der Waals surface area (Å²) in [6, 6.07) is 5.39. The number of benzene rings is 1. The van der Waals surface area contributed by atoms with Crippen LogP contribution in [-0.2, 0) is 11.2 Å². The standard InChI is InChI=1S/C24H30BrN5O3/c1-16-12-18(7-8-20(16)27-22(31)6-5-10-29(2)3)24(32)30-11-9-17(15-30)13-21-26-14-19(25)23(28-21)33-4/h5-8,12,14,17H,9-11,13,15H2,1-4H3,(H,27,31)/b6-5+/t17-/m0/s1. The normalized spacial score (nSPS) is 15.9. The van der Waals surface area contributed by atoms with Gasteiger partial charge in [0.15, 0.2) is 0 Å². The third-order valence-electron chi connectivity index (χ3n) is 5.47. The van der Waals surface area contributed by atoms with Crippen molar-refractivity contribution in [3.8, 4) is 5.88 Å². The van der Waals surface area contributed by atoms with Gasteiger partial charge in [0.25, 0.3) is 5.91 Å². The van der Waals surface area contributed by atoms with E-state index in [1.807, 2.05) is 43.0 Å². The molecule has 1 N–H and O–H groups in total. The van der Waals surface area contributed by atoms with E-state index in [9.17, 15) is 9.59 Å². The van der Waals surface area contributed by atoms with Gasteiger partial charge in [0.2, 0.25) is 11.8 Å². The van der Waals surface area contributed by atoms with Crippen LogP contribution in [0.1, 0.15) is 28.2 Å². The van der Waals surface area contributed by atoms with Crippen LogP contribution in [-0.4, -0.2) is 72.4 Å². The van der Waals surface area contributed by atoms with Gasteiger partial charge in [0.1, 0.15) is 5.82 Å². The third-order valence-corrected chi connectivity index (χ3v) is 6.01. The number of likely N-dealkylation sites (tertiary alicyclic amines) is 1. The Morgan fingerprint density at radius 3 is 2.85 bits per heavy atom. The molecule has 1 aliphatic rings. The van der Waals surface area contributed by atoms with Gasteiger partial charge in [-0.3, -0.25) is 9.59 Å². The highest BCUT2D eigenvalue weighted by Crippen LogP contribution is 2.25. The van der Waals surface area contributed by atoms with Gasteiger partial charge in [0, 0.05) is 49.6 Å². The molecule has 0 aliphatic carbocycles. The van der Waals surface area contributed by atoms with Gasteiger partial charge in [-0.05, 0) is 73.1 Å². The molecule has 1 aromatic heterocycles. The topological polar surface area (TPSA) is 87.7 Å². The van der Waals surface area contributed by atoms with Crippen LogP contribution in [0.15, 0.2) is 41.0 Å². The number of nitrogens with one attached hydrogen (secondary N) is 1. The van der Waals surface area contributed by atoms with E-state index in [1.54, 1.807) is 25.4 Å². The van der Waals surface area contributed by atoms with Crippen LogP contribution < -0.4 is 10.1 Å². The lowest BCUT2D eigenvalue weighted by molar-refractivity contribution is -0.111. The molecule has 9 heteroatoms. The Morgan fingerprint density at radius 2 is 2.15 bits per heavy atom. The molecule has 8 nitrogen and oxygen atoms in total. The Labute approximate surface area is 203 Å². The zero-order chi connectivity index (χ0) is 24.0. The van der Waals surface area contributed by atoms with Crippen molar-refractivity contribution in [1.82, 2.24) is 19.8 Å². The maximum absolute atomic E-state index is 13.0. The lowest BCUT2D eigenvalue weighted by atomic mass is 10.0. The number of nitrogens with zero attached hydrogens (tertiary/aromatic N) is 4. The number of aromatic nitrogens is 2. The van der Waals surface area contributed by atoms with E-state index in [0.717, 1.165) is 16.5 Å². The smallest absolute Gasteiger partial charge is 0.253 e. The molecule has 0 bridgehead atoms. The predicted octanol–water partition coefficient (Wildman–Crippen LogP) is 3.32. The molecule has 1 fully saturated rings. The van der Waals surface area contributed by atoms with Crippen molar-refractivity contribution in [3.05, 3.63) is 58.0 Å². The highest BCUT2D eigenvalue weighted by Gasteiger charge is 2.28. The maximum atomic E-state index is 13.0. The van der Waals surface area contributed by atoms with E-state index in [2.05, 4.69) is 31.2 Å². The van der Waals surface area contributed by atoms with Crippen LogP contribution in [0.5, 0.6) is 5.88 Å². The van der Waals surface area contributed by atoms with Crippen molar-refractivity contribution < 1.29 is 14.3 Å². The number of ether oxygens (including phenoxy) is 1. The summed E-state index contributed by atoms with van der Waals surface area (Å²) in [6.45, 7) is 3.94. The molecule has 1 atom stereocenters. The molecule has 176 valence electrons. The summed E-state index contributed by atoms with van der Waals surface area (Å²) >= 11 is 3.37. The number of aryl methyl sites for hydroxylation is 1. The van der Waals surface area contributed by atoms with Gasteiger partial charge in [-0.1, -0.05) is 6.08 Å². The Bertz CT molecular complexity index is 1040. The van der Waals surface area contributed by atoms with E-state index < -0.39 is 0 Å². The minimum atomic E-state index is -0.187. The molecular formula is C24H30BrN5O3. The highest BCUT2D eigenvalue weighted by atomic mass is 79.9. The molecule has 0 saturated carbocycles. The van der Waals surface area contributed by atoms with E-state index >= 15 is 0 Å². The summed E-state index contributed by atoms with van der Waals surface area (Å²) in [5, 5.41) is 2.87. The molecule has 1 aliphatic heterocycles. The molecule has 1 aromatic carbocycles. The summed E-state index contributed by atoms with van der Waals surface area (Å²) < 4.78 is 5.97. The number of carbonyl (C=O) groups is 2. The number of carbonyl (C=O) groups excluding carboxylic acids is 2. The number of halogens is 1. The second-order valence-corrected chi connectivity index (χ2v) is 9.29. The van der Waals surface area contributed by atoms with E-state index in [1.165, 1.54) is 6.08 Å². The van der Waals surface area contributed by atoms with Crippen molar-refractivity contribution in [3.63, 3.8) is 0 Å². The average molecular weight is 516 g/mol. The van der Waals surface area contributed by atoms with Gasteiger partial charge in [-0.15, -0.1) is 0 Å². The van der Waals surface area contributed by atoms with Gasteiger partial charge < -0.3 is 19.9 Å². The van der Waals surface area contributed by atoms with Crippen molar-refractivity contribution in [2.75, 3.05) is 46.2 Å². The van der Waals surface area contributed by atoms with E-state index in [0.29, 0.717) is 54.9 Å². The van der Waals surface area contributed by atoms with Crippen LogP contribution in [0, 0.1) is 12.8 Å². The molecule has 0 radical (unpaired) electrons. The predicted molar refractivity (Wildman–Crippen MR) is 132 cm³/mol. The minimum absolute atomic E-state index is 0.00124. The minimum Gasteiger partial charge on any atom is -0.480 e. The third kappa shape index (κ3) is 6.85. The first kappa shape index (κ1) is 24.9. The van der Waals surface area contributed by atoms with Gasteiger partial charge in [0.05, 0.1) is 11.6 Å². The lowest BCUT2D eigenvalue weighted by Crippen LogP contribution is -2.29. The summed E-state index contributed by atoms with van der Waals surface area (Å²) in [5.74, 6) is 1.34. The molecule has 33 heavy (non-hydrogen) atoms. The molecular weight excluding hydrogens is 486 g/mol. The number of methoxy groups -OCH3 is 1. The second kappa shape index (κ2) is 11.4. The monoisotopic (exact) mass is 515 g/mol. The number of rotatable bonds is 8. The van der Waals surface area contributed by atoms with Crippen molar-refractivity contribution >= 4 is 33.4 Å². The van der Waals surface area contributed by atoms with Crippen molar-refractivity contribution in [2.45, 2.75) is 19.8 Å². The van der Waals surface area contributed by atoms with Gasteiger partial charge in [-0.2, -0.15) is 4.98 Å². The lowest BCUT2D eigenvalue weighted by Gasteiger charge is -2.17. The fourth-order valence-electron chi connectivity index (χ4n) is 3.73. The molecule has 2 aromatic rings. The number of likely N-dealkylation sites (N-methyl/N-ethyl adjacent to an activating group) is 1. The van der Waals surface area contributed by atoms with E-state index in [4.69, 9.17) is 4.74 Å². The number of hydrogen-bond acceptors (Lipinski definition) is 6. The number of hydrogen-bond donors (Lipinski definition) is 1. The first-order chi connectivity index (χ1) is 15.8.